The van der Waals surface area contributed by atoms with Gasteiger partial charge in [-0.25, -0.2) is 18.4 Å². The second kappa shape index (κ2) is 12.3. The number of benzene rings is 1. The van der Waals surface area contributed by atoms with E-state index in [1.165, 1.54) is 29.0 Å². The van der Waals surface area contributed by atoms with Gasteiger partial charge in [0.2, 0.25) is 15.9 Å². The van der Waals surface area contributed by atoms with Gasteiger partial charge in [-0.15, -0.1) is 0 Å². The third-order valence-corrected chi connectivity index (χ3v) is 10.8. The fraction of sp³-hybridized carbons (Fsp3) is 0.516. The van der Waals surface area contributed by atoms with Crippen LogP contribution < -0.4 is 9.64 Å². The first-order chi connectivity index (χ1) is 20.7. The third-order valence-electron chi connectivity index (χ3n) is 8.56. The Labute approximate surface area is 253 Å². The van der Waals surface area contributed by atoms with E-state index in [1.807, 2.05) is 6.20 Å². The maximum absolute atomic E-state index is 13.8. The van der Waals surface area contributed by atoms with Gasteiger partial charge in [-0.3, -0.25) is 9.69 Å². The Balaban J connectivity index is 1.06. The maximum Gasteiger partial charge on any atom is 0.275 e. The van der Waals surface area contributed by atoms with Crippen LogP contribution in [-0.4, -0.2) is 90.8 Å². The van der Waals surface area contributed by atoms with E-state index in [1.54, 1.807) is 38.0 Å². The lowest BCUT2D eigenvalue weighted by Gasteiger charge is -2.34. The molecule has 6 rings (SSSR count). The Morgan fingerprint density at radius 1 is 1.05 bits per heavy atom. The average Bonchev–Trinajstić information content (AvgIpc) is 3.46. The standard InChI is InChI=1S/C31H40N6O5S/c1-22-16-26(41-3)17-23(2)30(22)43(39,40)37(25-7-8-25)20-29-33-27(21-42-29)31(38)36-14-12-34(13-15-36)19-24-6-9-28(32-18-24)35-10-4-5-11-35/h6,9,16-18,21,25H,4-5,7-8,10-15,19-20H2,1-3H3. The van der Waals surface area contributed by atoms with Crippen LogP contribution in [0.25, 0.3) is 0 Å². The summed E-state index contributed by atoms with van der Waals surface area (Å²) >= 11 is 0. The summed E-state index contributed by atoms with van der Waals surface area (Å²) < 4.78 is 40.1. The summed E-state index contributed by atoms with van der Waals surface area (Å²) in [6.45, 7) is 9.14. The van der Waals surface area contributed by atoms with Gasteiger partial charge in [-0.1, -0.05) is 6.07 Å². The Bertz CT molecular complexity index is 1530. The molecule has 11 nitrogen and oxygen atoms in total. The second-order valence-corrected chi connectivity index (χ2v) is 13.6. The zero-order valence-electron chi connectivity index (χ0n) is 25.2. The number of methoxy groups -OCH3 is 1. The van der Waals surface area contributed by atoms with Crippen LogP contribution >= 0.6 is 0 Å². The number of ether oxygens (including phenoxy) is 1. The van der Waals surface area contributed by atoms with Crippen LogP contribution in [0.15, 0.2) is 46.0 Å². The summed E-state index contributed by atoms with van der Waals surface area (Å²) in [5.74, 6) is 1.68. The van der Waals surface area contributed by atoms with Crippen molar-refractivity contribution in [3.05, 3.63) is 65.0 Å². The summed E-state index contributed by atoms with van der Waals surface area (Å²) in [5, 5.41) is 0. The van der Waals surface area contributed by atoms with Crippen LogP contribution in [0.4, 0.5) is 5.82 Å². The molecule has 1 aliphatic carbocycles. The van der Waals surface area contributed by atoms with Gasteiger partial charge in [0.15, 0.2) is 5.69 Å². The number of nitrogens with zero attached hydrogens (tertiary/aromatic N) is 6. The summed E-state index contributed by atoms with van der Waals surface area (Å²) in [7, 11) is -2.26. The highest BCUT2D eigenvalue weighted by Gasteiger charge is 2.40. The zero-order chi connectivity index (χ0) is 30.1. The fourth-order valence-electron chi connectivity index (χ4n) is 6.11. The van der Waals surface area contributed by atoms with Crippen molar-refractivity contribution >= 4 is 21.7 Å². The smallest absolute Gasteiger partial charge is 0.275 e. The first kappa shape index (κ1) is 29.6. The van der Waals surface area contributed by atoms with Crippen molar-refractivity contribution in [2.45, 2.75) is 63.6 Å². The molecular weight excluding hydrogens is 568 g/mol. The van der Waals surface area contributed by atoms with Gasteiger partial charge in [0, 0.05) is 58.1 Å². The van der Waals surface area contributed by atoms with Crippen LogP contribution in [-0.2, 0) is 23.1 Å². The molecular formula is C31H40N6O5S. The molecule has 0 atom stereocenters. The highest BCUT2D eigenvalue weighted by Crippen LogP contribution is 2.36. The molecule has 12 heteroatoms. The van der Waals surface area contributed by atoms with Gasteiger partial charge >= 0.3 is 0 Å². The number of pyridine rings is 1. The number of hydrogen-bond donors (Lipinski definition) is 0. The number of rotatable bonds is 10. The van der Waals surface area contributed by atoms with Crippen LogP contribution in [0.2, 0.25) is 0 Å². The number of piperazine rings is 1. The molecule has 1 amide bonds. The molecule has 3 aromatic rings. The normalized spacial score (nSPS) is 18.0. The van der Waals surface area contributed by atoms with Gasteiger partial charge < -0.3 is 19.0 Å². The molecule has 1 saturated carbocycles. The predicted octanol–water partition coefficient (Wildman–Crippen LogP) is 3.61. The molecule has 0 radical (unpaired) electrons. The lowest BCUT2D eigenvalue weighted by atomic mass is 10.1. The number of oxazole rings is 1. The first-order valence-corrected chi connectivity index (χ1v) is 16.5. The minimum Gasteiger partial charge on any atom is -0.497 e. The topological polar surface area (TPSA) is 112 Å². The highest BCUT2D eigenvalue weighted by molar-refractivity contribution is 7.89. The number of aromatic nitrogens is 2. The predicted molar refractivity (Wildman–Crippen MR) is 162 cm³/mol. The molecule has 0 spiro atoms. The van der Waals surface area contributed by atoms with Gasteiger partial charge in [-0.05, 0) is 74.4 Å². The quantitative estimate of drug-likeness (QED) is 0.341. The molecule has 0 unspecified atom stereocenters. The highest BCUT2D eigenvalue weighted by atomic mass is 32.2. The minimum absolute atomic E-state index is 0.0243. The van der Waals surface area contributed by atoms with E-state index in [-0.39, 0.29) is 35.0 Å². The van der Waals surface area contributed by atoms with Gasteiger partial charge in [0.1, 0.15) is 17.8 Å². The van der Waals surface area contributed by atoms with Crippen molar-refractivity contribution in [3.63, 3.8) is 0 Å². The van der Waals surface area contributed by atoms with E-state index in [2.05, 4.69) is 31.9 Å². The number of anilines is 1. The van der Waals surface area contributed by atoms with Gasteiger partial charge in [0.25, 0.3) is 5.91 Å². The monoisotopic (exact) mass is 608 g/mol. The number of hydrogen-bond acceptors (Lipinski definition) is 9. The number of carbonyl (C=O) groups excluding carboxylic acids is 1. The van der Waals surface area contributed by atoms with Crippen molar-refractivity contribution in [3.8, 4) is 5.75 Å². The van der Waals surface area contributed by atoms with Gasteiger partial charge in [-0.2, -0.15) is 4.31 Å². The Morgan fingerprint density at radius 3 is 2.35 bits per heavy atom. The molecule has 0 N–H and O–H groups in total. The zero-order valence-corrected chi connectivity index (χ0v) is 26.0. The van der Waals surface area contributed by atoms with Crippen molar-refractivity contribution in [2.24, 2.45) is 0 Å². The summed E-state index contributed by atoms with van der Waals surface area (Å²) in [6, 6.07) is 7.61. The molecule has 0 bridgehead atoms. The summed E-state index contributed by atoms with van der Waals surface area (Å²) in [4.78, 5) is 29.1. The molecule has 2 aliphatic heterocycles. The lowest BCUT2D eigenvalue weighted by molar-refractivity contribution is 0.0622. The van der Waals surface area contributed by atoms with Crippen LogP contribution in [0.3, 0.4) is 0 Å². The van der Waals surface area contributed by atoms with Crippen LogP contribution in [0.5, 0.6) is 5.75 Å². The molecule has 3 fully saturated rings. The second-order valence-electron chi connectivity index (χ2n) is 11.8. The first-order valence-electron chi connectivity index (χ1n) is 15.1. The third kappa shape index (κ3) is 6.41. The molecule has 43 heavy (non-hydrogen) atoms. The summed E-state index contributed by atoms with van der Waals surface area (Å²) in [5.41, 5.74) is 2.62. The van der Waals surface area contributed by atoms with Crippen LogP contribution in [0.1, 0.15) is 58.8 Å². The van der Waals surface area contributed by atoms with E-state index < -0.39 is 10.0 Å². The Morgan fingerprint density at radius 2 is 1.74 bits per heavy atom. The largest absolute Gasteiger partial charge is 0.497 e. The Kier molecular flexibility index (Phi) is 8.43. The maximum atomic E-state index is 13.8. The summed E-state index contributed by atoms with van der Waals surface area (Å²) in [6.07, 6.45) is 7.33. The van der Waals surface area contributed by atoms with E-state index in [0.717, 1.165) is 51.4 Å². The van der Waals surface area contributed by atoms with E-state index in [9.17, 15) is 13.2 Å². The van der Waals surface area contributed by atoms with E-state index in [4.69, 9.17) is 9.15 Å². The van der Waals surface area contributed by atoms with Gasteiger partial charge in [0.05, 0.1) is 18.6 Å². The van der Waals surface area contributed by atoms with Crippen molar-refractivity contribution in [1.82, 2.24) is 24.1 Å². The number of aryl methyl sites for hydroxylation is 2. The van der Waals surface area contributed by atoms with E-state index in [0.29, 0.717) is 30.0 Å². The van der Waals surface area contributed by atoms with E-state index >= 15 is 0 Å². The number of amides is 1. The van der Waals surface area contributed by atoms with Crippen LogP contribution in [0, 0.1) is 13.8 Å². The van der Waals surface area contributed by atoms with Crippen molar-refractivity contribution in [2.75, 3.05) is 51.3 Å². The molecule has 230 valence electrons. The molecule has 2 aromatic heterocycles. The van der Waals surface area contributed by atoms with Crippen molar-refractivity contribution < 1.29 is 22.4 Å². The molecule has 3 aliphatic rings. The number of carbonyl (C=O) groups is 1. The molecule has 4 heterocycles. The SMILES string of the molecule is COc1cc(C)c(S(=O)(=O)N(Cc2nc(C(=O)N3CCN(Cc4ccc(N5CCCC5)nc4)CC3)co2)C2CC2)c(C)c1. The number of sulfonamides is 1. The molecule has 2 saturated heterocycles. The minimum atomic E-state index is -3.82. The Hall–Kier alpha value is -3.48. The lowest BCUT2D eigenvalue weighted by Crippen LogP contribution is -2.48. The van der Waals surface area contributed by atoms with Crippen molar-refractivity contribution in [1.29, 1.82) is 0 Å². The average molecular weight is 609 g/mol. The fourth-order valence-corrected chi connectivity index (χ4v) is 8.16. The molecule has 1 aromatic carbocycles.